The molecule has 0 amide bonds. The molecule has 0 bridgehead atoms. The summed E-state index contributed by atoms with van der Waals surface area (Å²) in [5.41, 5.74) is 5.26. The SMILES string of the molecule is C[C@H](N)C(=O)Oc1ccc(O)cn1. The average molecular weight is 182 g/mol. The minimum Gasteiger partial charge on any atom is -0.506 e. The van der Waals surface area contributed by atoms with Gasteiger partial charge in [-0.3, -0.25) is 0 Å². The minimum absolute atomic E-state index is 0.0144. The van der Waals surface area contributed by atoms with Gasteiger partial charge in [-0.15, -0.1) is 0 Å². The maximum absolute atomic E-state index is 10.9. The summed E-state index contributed by atoms with van der Waals surface area (Å²) in [6.45, 7) is 1.52. The summed E-state index contributed by atoms with van der Waals surface area (Å²) < 4.78 is 4.74. The van der Waals surface area contributed by atoms with Gasteiger partial charge < -0.3 is 15.6 Å². The topological polar surface area (TPSA) is 85.4 Å². The Morgan fingerprint density at radius 2 is 2.38 bits per heavy atom. The van der Waals surface area contributed by atoms with Gasteiger partial charge >= 0.3 is 5.97 Å². The fraction of sp³-hybridized carbons (Fsp3) is 0.250. The zero-order valence-electron chi connectivity index (χ0n) is 7.10. The van der Waals surface area contributed by atoms with E-state index in [1.165, 1.54) is 25.3 Å². The molecule has 0 aliphatic carbocycles. The van der Waals surface area contributed by atoms with Gasteiger partial charge in [0.25, 0.3) is 0 Å². The first kappa shape index (κ1) is 9.47. The lowest BCUT2D eigenvalue weighted by atomic mass is 10.4. The summed E-state index contributed by atoms with van der Waals surface area (Å²) >= 11 is 0. The van der Waals surface area contributed by atoms with Gasteiger partial charge in [0.05, 0.1) is 6.20 Å². The lowest BCUT2D eigenvalue weighted by molar-refractivity contribution is -0.135. The summed E-state index contributed by atoms with van der Waals surface area (Å²) in [4.78, 5) is 14.6. The summed E-state index contributed by atoms with van der Waals surface area (Å²) in [5.74, 6) is -0.418. The van der Waals surface area contributed by atoms with E-state index in [1.807, 2.05) is 0 Å². The lowest BCUT2D eigenvalue weighted by Crippen LogP contribution is -2.31. The second-order valence-corrected chi connectivity index (χ2v) is 2.56. The van der Waals surface area contributed by atoms with E-state index in [0.717, 1.165) is 0 Å². The van der Waals surface area contributed by atoms with Crippen molar-refractivity contribution in [1.82, 2.24) is 4.98 Å². The number of rotatable bonds is 2. The molecule has 1 aromatic heterocycles. The molecule has 0 fully saturated rings. The molecule has 0 aliphatic heterocycles. The second kappa shape index (κ2) is 3.86. The number of aromatic nitrogens is 1. The minimum atomic E-state index is -0.685. The van der Waals surface area contributed by atoms with Crippen LogP contribution in [0.25, 0.3) is 0 Å². The van der Waals surface area contributed by atoms with Crippen LogP contribution in [0.1, 0.15) is 6.92 Å². The van der Waals surface area contributed by atoms with E-state index in [0.29, 0.717) is 0 Å². The first-order chi connectivity index (χ1) is 6.09. The number of aromatic hydroxyl groups is 1. The summed E-state index contributed by atoms with van der Waals surface area (Å²) in [7, 11) is 0. The van der Waals surface area contributed by atoms with Crippen LogP contribution in [0.15, 0.2) is 18.3 Å². The normalized spacial score (nSPS) is 12.2. The van der Waals surface area contributed by atoms with Gasteiger partial charge in [-0.25, -0.2) is 9.78 Å². The molecule has 1 heterocycles. The molecule has 1 atom stereocenters. The van der Waals surface area contributed by atoms with Gasteiger partial charge in [0, 0.05) is 6.07 Å². The first-order valence-electron chi connectivity index (χ1n) is 3.72. The number of carbonyl (C=O) groups excluding carboxylic acids is 1. The maximum atomic E-state index is 10.9. The number of pyridine rings is 1. The Labute approximate surface area is 75.2 Å². The predicted molar refractivity (Wildman–Crippen MR) is 45.2 cm³/mol. The van der Waals surface area contributed by atoms with Crippen LogP contribution < -0.4 is 10.5 Å². The standard InChI is InChI=1S/C8H10N2O3/c1-5(9)8(12)13-7-3-2-6(11)4-10-7/h2-5,11H,9H2,1H3/t5-/m0/s1. The van der Waals surface area contributed by atoms with E-state index in [-0.39, 0.29) is 11.6 Å². The van der Waals surface area contributed by atoms with Crippen molar-refractivity contribution in [2.75, 3.05) is 0 Å². The molecule has 0 radical (unpaired) electrons. The Morgan fingerprint density at radius 3 is 2.85 bits per heavy atom. The third kappa shape index (κ3) is 2.72. The van der Waals surface area contributed by atoms with Crippen molar-refractivity contribution in [3.8, 4) is 11.6 Å². The van der Waals surface area contributed by atoms with E-state index < -0.39 is 12.0 Å². The zero-order chi connectivity index (χ0) is 9.84. The van der Waals surface area contributed by atoms with Crippen LogP contribution in [-0.4, -0.2) is 22.1 Å². The molecule has 1 aromatic rings. The molecular weight excluding hydrogens is 172 g/mol. The molecular formula is C8H10N2O3. The average Bonchev–Trinajstić information content (AvgIpc) is 2.08. The molecule has 5 nitrogen and oxygen atoms in total. The van der Waals surface area contributed by atoms with Gasteiger partial charge in [-0.2, -0.15) is 0 Å². The van der Waals surface area contributed by atoms with E-state index in [1.54, 1.807) is 0 Å². The number of hydrogen-bond donors (Lipinski definition) is 2. The Bertz CT molecular complexity index is 295. The number of nitrogens with two attached hydrogens (primary N) is 1. The molecule has 13 heavy (non-hydrogen) atoms. The van der Waals surface area contributed by atoms with Crippen molar-refractivity contribution in [2.24, 2.45) is 5.73 Å². The molecule has 0 spiro atoms. The van der Waals surface area contributed by atoms with E-state index >= 15 is 0 Å². The van der Waals surface area contributed by atoms with E-state index in [2.05, 4.69) is 4.98 Å². The van der Waals surface area contributed by atoms with E-state index in [4.69, 9.17) is 15.6 Å². The summed E-state index contributed by atoms with van der Waals surface area (Å²) in [6, 6.07) is 2.07. The van der Waals surface area contributed by atoms with Crippen LogP contribution in [0, 0.1) is 0 Å². The predicted octanol–water partition coefficient (Wildman–Crippen LogP) is 0.0398. The fourth-order valence-corrected chi connectivity index (χ4v) is 0.629. The third-order valence-corrected chi connectivity index (χ3v) is 1.30. The highest BCUT2D eigenvalue weighted by Gasteiger charge is 2.10. The molecule has 1 rings (SSSR count). The van der Waals surface area contributed by atoms with Gasteiger partial charge in [0.15, 0.2) is 0 Å². The fourth-order valence-electron chi connectivity index (χ4n) is 0.629. The van der Waals surface area contributed by atoms with Gasteiger partial charge in [-0.05, 0) is 13.0 Å². The van der Waals surface area contributed by atoms with Crippen LogP contribution in [0.2, 0.25) is 0 Å². The maximum Gasteiger partial charge on any atom is 0.329 e. The van der Waals surface area contributed by atoms with E-state index in [9.17, 15) is 4.79 Å². The molecule has 0 aromatic carbocycles. The summed E-state index contributed by atoms with van der Waals surface area (Å²) in [6.07, 6.45) is 1.18. The number of hydrogen-bond acceptors (Lipinski definition) is 5. The zero-order valence-corrected chi connectivity index (χ0v) is 7.10. The third-order valence-electron chi connectivity index (χ3n) is 1.30. The van der Waals surface area contributed by atoms with Crippen LogP contribution in [0.5, 0.6) is 11.6 Å². The van der Waals surface area contributed by atoms with Crippen molar-refractivity contribution in [2.45, 2.75) is 13.0 Å². The smallest absolute Gasteiger partial charge is 0.329 e. The first-order valence-corrected chi connectivity index (χ1v) is 3.72. The second-order valence-electron chi connectivity index (χ2n) is 2.56. The van der Waals surface area contributed by atoms with Gasteiger partial charge in [0.1, 0.15) is 11.8 Å². The highest BCUT2D eigenvalue weighted by Crippen LogP contribution is 2.11. The molecule has 0 aliphatic rings. The van der Waals surface area contributed by atoms with Crippen molar-refractivity contribution in [3.63, 3.8) is 0 Å². The van der Waals surface area contributed by atoms with Crippen molar-refractivity contribution >= 4 is 5.97 Å². The quantitative estimate of drug-likeness (QED) is 0.631. The van der Waals surface area contributed by atoms with Crippen LogP contribution in [0.4, 0.5) is 0 Å². The van der Waals surface area contributed by atoms with Crippen molar-refractivity contribution in [1.29, 1.82) is 0 Å². The molecule has 3 N–H and O–H groups in total. The van der Waals surface area contributed by atoms with Gasteiger partial charge in [-0.1, -0.05) is 0 Å². The monoisotopic (exact) mass is 182 g/mol. The van der Waals surface area contributed by atoms with Crippen molar-refractivity contribution < 1.29 is 14.6 Å². The Morgan fingerprint density at radius 1 is 1.69 bits per heavy atom. The van der Waals surface area contributed by atoms with Gasteiger partial charge in [0.2, 0.25) is 5.88 Å². The molecule has 70 valence electrons. The number of nitrogens with zero attached hydrogens (tertiary/aromatic N) is 1. The number of carbonyl (C=O) groups is 1. The molecule has 0 saturated carbocycles. The van der Waals surface area contributed by atoms with Crippen LogP contribution >= 0.6 is 0 Å². The number of ether oxygens (including phenoxy) is 1. The highest BCUT2D eigenvalue weighted by molar-refractivity contribution is 5.77. The Balaban J connectivity index is 2.65. The Kier molecular flexibility index (Phi) is 2.81. The molecule has 0 unspecified atom stereocenters. The highest BCUT2D eigenvalue weighted by atomic mass is 16.5. The Hall–Kier alpha value is -1.62. The number of esters is 1. The van der Waals surface area contributed by atoms with Crippen molar-refractivity contribution in [3.05, 3.63) is 18.3 Å². The largest absolute Gasteiger partial charge is 0.506 e. The molecule has 5 heteroatoms. The van der Waals surface area contributed by atoms with Crippen LogP contribution in [-0.2, 0) is 4.79 Å². The van der Waals surface area contributed by atoms with Crippen LogP contribution in [0.3, 0.4) is 0 Å². The summed E-state index contributed by atoms with van der Waals surface area (Å²) in [5, 5.41) is 8.87. The molecule has 0 saturated heterocycles. The lowest BCUT2D eigenvalue weighted by Gasteiger charge is -2.04.